The summed E-state index contributed by atoms with van der Waals surface area (Å²) in [6.07, 6.45) is 0. The molecule has 26 heavy (non-hydrogen) atoms. The first-order valence-corrected chi connectivity index (χ1v) is 9.30. The number of benzene rings is 2. The summed E-state index contributed by atoms with van der Waals surface area (Å²) in [4.78, 5) is 23.7. The first-order chi connectivity index (χ1) is 12.4. The average molecular weight is 377 g/mol. The fourth-order valence-corrected chi connectivity index (χ4v) is 3.29. The van der Waals surface area contributed by atoms with Gasteiger partial charge >= 0.3 is 11.9 Å². The summed E-state index contributed by atoms with van der Waals surface area (Å²) < 4.78 is 36.2. The number of sulfonamides is 1. The Balaban J connectivity index is 2.10. The number of rotatable bonds is 7. The zero-order chi connectivity index (χ0) is 19.2. The second-order valence-corrected chi connectivity index (χ2v) is 7.06. The lowest BCUT2D eigenvalue weighted by Gasteiger charge is -2.08. The van der Waals surface area contributed by atoms with Crippen LogP contribution in [0.3, 0.4) is 0 Å². The molecule has 0 amide bonds. The standard InChI is InChI=1S/C18H19NO6S/c1-3-19-26(22,23)16-9-5-8-15(11-16)18(21)25-12-13-6-4-7-14(10-13)17(20)24-2/h4-11,19H,3,12H2,1-2H3. The summed E-state index contributed by atoms with van der Waals surface area (Å²) in [6.45, 7) is 1.85. The van der Waals surface area contributed by atoms with Gasteiger partial charge < -0.3 is 9.47 Å². The molecule has 138 valence electrons. The minimum absolute atomic E-state index is 0.0125. The summed E-state index contributed by atoms with van der Waals surface area (Å²) in [7, 11) is -2.38. The summed E-state index contributed by atoms with van der Waals surface area (Å²) in [6, 6.07) is 12.1. The topological polar surface area (TPSA) is 98.8 Å². The predicted molar refractivity (Wildman–Crippen MR) is 94.2 cm³/mol. The van der Waals surface area contributed by atoms with E-state index in [0.29, 0.717) is 11.1 Å². The van der Waals surface area contributed by atoms with Gasteiger partial charge in [-0.3, -0.25) is 0 Å². The Morgan fingerprint density at radius 3 is 2.31 bits per heavy atom. The third kappa shape index (κ3) is 4.90. The quantitative estimate of drug-likeness (QED) is 0.742. The number of hydrogen-bond donors (Lipinski definition) is 1. The minimum Gasteiger partial charge on any atom is -0.465 e. The largest absolute Gasteiger partial charge is 0.465 e. The Kier molecular flexibility index (Phi) is 6.48. The molecule has 8 heteroatoms. The van der Waals surface area contributed by atoms with Crippen LogP contribution in [0.5, 0.6) is 0 Å². The molecule has 0 aliphatic rings. The maximum absolute atomic E-state index is 12.2. The van der Waals surface area contributed by atoms with E-state index in [4.69, 9.17) is 4.74 Å². The number of methoxy groups -OCH3 is 1. The lowest BCUT2D eigenvalue weighted by Crippen LogP contribution is -2.23. The van der Waals surface area contributed by atoms with E-state index in [9.17, 15) is 18.0 Å². The first kappa shape index (κ1) is 19.6. The smallest absolute Gasteiger partial charge is 0.338 e. The van der Waals surface area contributed by atoms with Crippen molar-refractivity contribution in [1.82, 2.24) is 4.72 Å². The van der Waals surface area contributed by atoms with Crippen LogP contribution >= 0.6 is 0 Å². The van der Waals surface area contributed by atoms with Crippen LogP contribution < -0.4 is 4.72 Å². The molecule has 2 aromatic carbocycles. The Bertz CT molecular complexity index is 907. The summed E-state index contributed by atoms with van der Waals surface area (Å²) in [5.41, 5.74) is 1.07. The Hall–Kier alpha value is -2.71. The second-order valence-electron chi connectivity index (χ2n) is 5.30. The first-order valence-electron chi connectivity index (χ1n) is 7.81. The monoisotopic (exact) mass is 377 g/mol. The normalized spacial score (nSPS) is 11.0. The number of nitrogens with one attached hydrogen (secondary N) is 1. The lowest BCUT2D eigenvalue weighted by molar-refractivity contribution is 0.0472. The number of ether oxygens (including phenoxy) is 2. The summed E-state index contributed by atoms with van der Waals surface area (Å²) in [5.74, 6) is -1.15. The van der Waals surface area contributed by atoms with Gasteiger partial charge in [-0.2, -0.15) is 0 Å². The van der Waals surface area contributed by atoms with Crippen molar-refractivity contribution < 1.29 is 27.5 Å². The number of carbonyl (C=O) groups excluding carboxylic acids is 2. The highest BCUT2D eigenvalue weighted by Crippen LogP contribution is 2.14. The molecular formula is C18H19NO6S. The zero-order valence-corrected chi connectivity index (χ0v) is 15.2. The van der Waals surface area contributed by atoms with Crippen LogP contribution in [0.1, 0.15) is 33.2 Å². The van der Waals surface area contributed by atoms with Crippen molar-refractivity contribution in [3.8, 4) is 0 Å². The molecule has 2 aromatic rings. The molecular weight excluding hydrogens is 358 g/mol. The summed E-state index contributed by atoms with van der Waals surface area (Å²) in [5, 5.41) is 0. The van der Waals surface area contributed by atoms with Crippen LogP contribution in [0.15, 0.2) is 53.4 Å². The predicted octanol–water partition coefficient (Wildman–Crippen LogP) is 2.13. The molecule has 2 rings (SSSR count). The second kappa shape index (κ2) is 8.59. The van der Waals surface area contributed by atoms with Crippen LogP contribution in [0.2, 0.25) is 0 Å². The third-order valence-corrected chi connectivity index (χ3v) is 4.98. The van der Waals surface area contributed by atoms with Gasteiger partial charge in [0.1, 0.15) is 6.61 Å². The molecule has 0 radical (unpaired) electrons. The van der Waals surface area contributed by atoms with Gasteiger partial charge in [-0.25, -0.2) is 22.7 Å². The van der Waals surface area contributed by atoms with Gasteiger partial charge in [-0.1, -0.05) is 25.1 Å². The Morgan fingerprint density at radius 2 is 1.65 bits per heavy atom. The molecule has 0 aromatic heterocycles. The molecule has 0 saturated heterocycles. The fraction of sp³-hybridized carbons (Fsp3) is 0.222. The van der Waals surface area contributed by atoms with Crippen molar-refractivity contribution in [1.29, 1.82) is 0 Å². The van der Waals surface area contributed by atoms with Crippen LogP contribution in [-0.2, 0) is 26.1 Å². The van der Waals surface area contributed by atoms with Crippen LogP contribution in [0, 0.1) is 0 Å². The van der Waals surface area contributed by atoms with E-state index < -0.39 is 22.0 Å². The van der Waals surface area contributed by atoms with E-state index in [-0.39, 0.29) is 23.6 Å². The highest BCUT2D eigenvalue weighted by atomic mass is 32.2. The molecule has 1 N–H and O–H groups in total. The van der Waals surface area contributed by atoms with Crippen LogP contribution in [-0.4, -0.2) is 34.0 Å². The van der Waals surface area contributed by atoms with Crippen molar-refractivity contribution in [2.75, 3.05) is 13.7 Å². The molecule has 0 heterocycles. The highest BCUT2D eigenvalue weighted by molar-refractivity contribution is 7.89. The van der Waals surface area contributed by atoms with E-state index in [2.05, 4.69) is 9.46 Å². The van der Waals surface area contributed by atoms with Gasteiger partial charge in [0.15, 0.2) is 0 Å². The van der Waals surface area contributed by atoms with Gasteiger partial charge in [0.25, 0.3) is 0 Å². The van der Waals surface area contributed by atoms with Gasteiger partial charge in [-0.05, 0) is 35.9 Å². The highest BCUT2D eigenvalue weighted by Gasteiger charge is 2.16. The van der Waals surface area contributed by atoms with Crippen LogP contribution in [0.25, 0.3) is 0 Å². The Labute approximate surface area is 152 Å². The summed E-state index contributed by atoms with van der Waals surface area (Å²) >= 11 is 0. The molecule has 0 unspecified atom stereocenters. The molecule has 0 fully saturated rings. The van der Waals surface area contributed by atoms with E-state index in [1.165, 1.54) is 31.4 Å². The van der Waals surface area contributed by atoms with Crippen molar-refractivity contribution >= 4 is 22.0 Å². The Morgan fingerprint density at radius 1 is 1.00 bits per heavy atom. The maximum atomic E-state index is 12.2. The third-order valence-electron chi connectivity index (χ3n) is 3.43. The average Bonchev–Trinajstić information content (AvgIpc) is 2.65. The van der Waals surface area contributed by atoms with Gasteiger partial charge in [-0.15, -0.1) is 0 Å². The molecule has 0 bridgehead atoms. The van der Waals surface area contributed by atoms with Crippen molar-refractivity contribution in [2.24, 2.45) is 0 Å². The van der Waals surface area contributed by atoms with Crippen molar-refractivity contribution in [2.45, 2.75) is 18.4 Å². The fourth-order valence-electron chi connectivity index (χ4n) is 2.20. The molecule has 7 nitrogen and oxygen atoms in total. The lowest BCUT2D eigenvalue weighted by atomic mass is 10.1. The van der Waals surface area contributed by atoms with E-state index >= 15 is 0 Å². The molecule has 0 atom stereocenters. The van der Waals surface area contributed by atoms with Gasteiger partial charge in [0.2, 0.25) is 10.0 Å². The SMILES string of the molecule is CCNS(=O)(=O)c1cccc(C(=O)OCc2cccc(C(=O)OC)c2)c1. The van der Waals surface area contributed by atoms with E-state index in [1.807, 2.05) is 0 Å². The van der Waals surface area contributed by atoms with Crippen LogP contribution in [0.4, 0.5) is 0 Å². The molecule has 0 aliphatic carbocycles. The minimum atomic E-state index is -3.66. The number of carbonyl (C=O) groups is 2. The number of hydrogen-bond acceptors (Lipinski definition) is 6. The number of esters is 2. The zero-order valence-electron chi connectivity index (χ0n) is 14.4. The van der Waals surface area contributed by atoms with Gasteiger partial charge in [0.05, 0.1) is 23.1 Å². The van der Waals surface area contributed by atoms with Crippen molar-refractivity contribution in [3.05, 3.63) is 65.2 Å². The van der Waals surface area contributed by atoms with E-state index in [1.54, 1.807) is 31.2 Å². The van der Waals surface area contributed by atoms with E-state index in [0.717, 1.165) is 0 Å². The van der Waals surface area contributed by atoms with Gasteiger partial charge in [0, 0.05) is 6.54 Å². The van der Waals surface area contributed by atoms with Crippen molar-refractivity contribution in [3.63, 3.8) is 0 Å². The maximum Gasteiger partial charge on any atom is 0.338 e. The molecule has 0 saturated carbocycles. The molecule has 0 spiro atoms. The molecule has 0 aliphatic heterocycles.